The lowest BCUT2D eigenvalue weighted by Gasteiger charge is -2.08. The van der Waals surface area contributed by atoms with Crippen molar-refractivity contribution in [2.24, 2.45) is 5.84 Å². The predicted octanol–water partition coefficient (Wildman–Crippen LogP) is 3.22. The standard InChI is InChI=1S/C7H6Cl2F2N2/c8-4-1-3(7(10)11)2-5(9)6(4)13-12/h1-2,7,13H,12H2. The maximum absolute atomic E-state index is 12.2. The molecule has 0 saturated carbocycles. The smallest absolute Gasteiger partial charge is 0.263 e. The van der Waals surface area contributed by atoms with Gasteiger partial charge in [0.25, 0.3) is 6.43 Å². The van der Waals surface area contributed by atoms with Crippen LogP contribution in [0, 0.1) is 0 Å². The van der Waals surface area contributed by atoms with Gasteiger partial charge in [-0.1, -0.05) is 23.2 Å². The summed E-state index contributed by atoms with van der Waals surface area (Å²) in [6.07, 6.45) is -2.60. The van der Waals surface area contributed by atoms with E-state index in [0.29, 0.717) is 0 Å². The molecule has 2 nitrogen and oxygen atoms in total. The van der Waals surface area contributed by atoms with E-state index in [9.17, 15) is 8.78 Å². The van der Waals surface area contributed by atoms with Crippen LogP contribution in [-0.4, -0.2) is 0 Å². The summed E-state index contributed by atoms with van der Waals surface area (Å²) in [5.74, 6) is 5.07. The van der Waals surface area contributed by atoms with Crippen LogP contribution >= 0.6 is 23.2 Å². The van der Waals surface area contributed by atoms with E-state index in [2.05, 4.69) is 5.43 Å². The minimum atomic E-state index is -2.60. The summed E-state index contributed by atoms with van der Waals surface area (Å²) in [6, 6.07) is 2.24. The molecule has 13 heavy (non-hydrogen) atoms. The predicted molar refractivity (Wildman–Crippen MR) is 49.2 cm³/mol. The zero-order valence-electron chi connectivity index (χ0n) is 6.32. The van der Waals surface area contributed by atoms with Crippen molar-refractivity contribution < 1.29 is 8.78 Å². The van der Waals surface area contributed by atoms with Gasteiger partial charge in [-0.05, 0) is 12.1 Å². The average Bonchev–Trinajstić information content (AvgIpc) is 2.03. The number of nitrogen functional groups attached to an aromatic ring is 1. The van der Waals surface area contributed by atoms with Crippen molar-refractivity contribution >= 4 is 28.9 Å². The zero-order chi connectivity index (χ0) is 10.0. The van der Waals surface area contributed by atoms with Crippen molar-refractivity contribution in [3.05, 3.63) is 27.7 Å². The van der Waals surface area contributed by atoms with Gasteiger partial charge in [0.05, 0.1) is 15.7 Å². The molecule has 0 spiro atoms. The molecule has 0 unspecified atom stereocenters. The van der Waals surface area contributed by atoms with Gasteiger partial charge in [0.2, 0.25) is 0 Å². The van der Waals surface area contributed by atoms with Crippen molar-refractivity contribution in [3.63, 3.8) is 0 Å². The fourth-order valence-electron chi connectivity index (χ4n) is 0.857. The molecule has 0 fully saturated rings. The van der Waals surface area contributed by atoms with Gasteiger partial charge in [0.15, 0.2) is 0 Å². The Morgan fingerprint density at radius 2 is 1.69 bits per heavy atom. The van der Waals surface area contributed by atoms with Crippen molar-refractivity contribution in [3.8, 4) is 0 Å². The normalized spacial score (nSPS) is 10.6. The summed E-state index contributed by atoms with van der Waals surface area (Å²) in [5, 5.41) is 0.149. The van der Waals surface area contributed by atoms with Crippen LogP contribution in [0.4, 0.5) is 14.5 Å². The lowest BCUT2D eigenvalue weighted by atomic mass is 10.2. The Bertz CT molecular complexity index is 294. The maximum atomic E-state index is 12.2. The number of alkyl halides is 2. The topological polar surface area (TPSA) is 38.0 Å². The molecule has 0 heterocycles. The molecule has 72 valence electrons. The Hall–Kier alpha value is -0.580. The third-order valence-corrected chi connectivity index (χ3v) is 2.06. The molecule has 0 amide bonds. The number of hydrogen-bond donors (Lipinski definition) is 2. The molecule has 1 aromatic carbocycles. The van der Waals surface area contributed by atoms with Crippen molar-refractivity contribution in [1.29, 1.82) is 0 Å². The SMILES string of the molecule is NNc1c(Cl)cc(C(F)F)cc1Cl. The second-order valence-corrected chi connectivity index (χ2v) is 3.12. The van der Waals surface area contributed by atoms with Crippen LogP contribution in [0.1, 0.15) is 12.0 Å². The van der Waals surface area contributed by atoms with Crippen molar-refractivity contribution in [2.45, 2.75) is 6.43 Å². The van der Waals surface area contributed by atoms with Gasteiger partial charge in [-0.25, -0.2) is 8.78 Å². The van der Waals surface area contributed by atoms with Crippen LogP contribution in [0.2, 0.25) is 10.0 Å². The maximum Gasteiger partial charge on any atom is 0.263 e. The van der Waals surface area contributed by atoms with E-state index in [1.807, 2.05) is 0 Å². The Labute approximate surface area is 83.6 Å². The Morgan fingerprint density at radius 3 is 2.00 bits per heavy atom. The Kier molecular flexibility index (Phi) is 3.30. The summed E-state index contributed by atoms with van der Waals surface area (Å²) in [7, 11) is 0. The van der Waals surface area contributed by atoms with Gasteiger partial charge in [-0.15, -0.1) is 0 Å². The van der Waals surface area contributed by atoms with Gasteiger partial charge < -0.3 is 5.43 Å². The highest BCUT2D eigenvalue weighted by Gasteiger charge is 2.12. The second kappa shape index (κ2) is 4.09. The monoisotopic (exact) mass is 226 g/mol. The second-order valence-electron chi connectivity index (χ2n) is 2.30. The summed E-state index contributed by atoms with van der Waals surface area (Å²) >= 11 is 11.2. The molecular weight excluding hydrogens is 221 g/mol. The van der Waals surface area contributed by atoms with E-state index in [1.165, 1.54) is 0 Å². The minimum Gasteiger partial charge on any atom is -0.321 e. The van der Waals surface area contributed by atoms with Gasteiger partial charge >= 0.3 is 0 Å². The summed E-state index contributed by atoms with van der Waals surface area (Å²) in [5.41, 5.74) is 2.24. The number of halogens is 4. The first-order chi connectivity index (χ1) is 6.06. The highest BCUT2D eigenvalue weighted by molar-refractivity contribution is 6.39. The number of rotatable bonds is 2. The molecule has 6 heteroatoms. The fraction of sp³-hybridized carbons (Fsp3) is 0.143. The first kappa shape index (κ1) is 10.5. The number of nitrogens with one attached hydrogen (secondary N) is 1. The third-order valence-electron chi connectivity index (χ3n) is 1.46. The van der Waals surface area contributed by atoms with Crippen LogP contribution < -0.4 is 11.3 Å². The van der Waals surface area contributed by atoms with E-state index >= 15 is 0 Å². The van der Waals surface area contributed by atoms with Crippen LogP contribution in [0.5, 0.6) is 0 Å². The average molecular weight is 227 g/mol. The summed E-state index contributed by atoms with van der Waals surface area (Å²) in [4.78, 5) is 0. The molecule has 0 aromatic heterocycles. The fourth-order valence-corrected chi connectivity index (χ4v) is 1.47. The minimum absolute atomic E-state index is 0.0744. The Morgan fingerprint density at radius 1 is 1.23 bits per heavy atom. The molecule has 0 radical (unpaired) electrons. The highest BCUT2D eigenvalue weighted by atomic mass is 35.5. The molecule has 0 aliphatic rings. The molecule has 0 aliphatic carbocycles. The van der Waals surface area contributed by atoms with Crippen LogP contribution in [0.3, 0.4) is 0 Å². The van der Waals surface area contributed by atoms with E-state index in [-0.39, 0.29) is 21.3 Å². The van der Waals surface area contributed by atoms with Gasteiger partial charge in [0, 0.05) is 5.56 Å². The van der Waals surface area contributed by atoms with E-state index in [0.717, 1.165) is 12.1 Å². The highest BCUT2D eigenvalue weighted by Crippen LogP contribution is 2.34. The van der Waals surface area contributed by atoms with Gasteiger partial charge in [-0.2, -0.15) is 0 Å². The van der Waals surface area contributed by atoms with Crippen LogP contribution in [-0.2, 0) is 0 Å². The van der Waals surface area contributed by atoms with Crippen molar-refractivity contribution in [1.82, 2.24) is 0 Å². The summed E-state index contributed by atoms with van der Waals surface area (Å²) < 4.78 is 24.4. The lowest BCUT2D eigenvalue weighted by Crippen LogP contribution is -2.08. The number of nitrogens with two attached hydrogens (primary N) is 1. The van der Waals surface area contributed by atoms with Gasteiger partial charge in [0.1, 0.15) is 0 Å². The van der Waals surface area contributed by atoms with Gasteiger partial charge in [-0.3, -0.25) is 5.84 Å². The molecule has 0 atom stereocenters. The van der Waals surface area contributed by atoms with E-state index in [1.54, 1.807) is 0 Å². The van der Waals surface area contributed by atoms with Crippen LogP contribution in [0.15, 0.2) is 12.1 Å². The molecule has 3 N–H and O–H groups in total. The van der Waals surface area contributed by atoms with E-state index < -0.39 is 6.43 Å². The number of benzene rings is 1. The lowest BCUT2D eigenvalue weighted by molar-refractivity contribution is 0.151. The first-order valence-electron chi connectivity index (χ1n) is 3.30. The largest absolute Gasteiger partial charge is 0.321 e. The zero-order valence-corrected chi connectivity index (χ0v) is 7.83. The van der Waals surface area contributed by atoms with Crippen molar-refractivity contribution in [2.75, 3.05) is 5.43 Å². The number of hydrogen-bond acceptors (Lipinski definition) is 2. The molecule has 1 aromatic rings. The third kappa shape index (κ3) is 2.21. The number of hydrazine groups is 1. The molecule has 1 rings (SSSR count). The summed E-state index contributed by atoms with van der Waals surface area (Å²) in [6.45, 7) is 0. The molecule has 0 bridgehead atoms. The number of anilines is 1. The molecule has 0 aliphatic heterocycles. The van der Waals surface area contributed by atoms with E-state index in [4.69, 9.17) is 29.0 Å². The first-order valence-corrected chi connectivity index (χ1v) is 4.05. The van der Waals surface area contributed by atoms with Crippen LogP contribution in [0.25, 0.3) is 0 Å². The molecular formula is C7H6Cl2F2N2. The Balaban J connectivity index is 3.20. The molecule has 0 saturated heterocycles. The quantitative estimate of drug-likeness (QED) is 0.601.